The standard InChI is InChI=1S/C24H28ClFN2O2/c1-27(2)23(29)19(13-18-14-20(26)7-8-22(18)25)15-28-11-9-24(10-12-28)21-6-4-3-5-17(21)16-30-24/h3-8,14,19H,9-13,15-16H2,1-2H3. The monoisotopic (exact) mass is 430 g/mol. The average molecular weight is 431 g/mol. The second kappa shape index (κ2) is 8.66. The number of benzene rings is 2. The molecule has 1 atom stereocenters. The van der Waals surface area contributed by atoms with Crippen LogP contribution in [0.3, 0.4) is 0 Å². The van der Waals surface area contributed by atoms with E-state index < -0.39 is 0 Å². The molecule has 30 heavy (non-hydrogen) atoms. The highest BCUT2D eigenvalue weighted by Gasteiger charge is 2.42. The van der Waals surface area contributed by atoms with Crippen LogP contribution in [0.4, 0.5) is 4.39 Å². The number of ether oxygens (including phenoxy) is 1. The summed E-state index contributed by atoms with van der Waals surface area (Å²) in [6, 6.07) is 12.8. The minimum absolute atomic E-state index is 0.0399. The van der Waals surface area contributed by atoms with Crippen LogP contribution in [0.25, 0.3) is 0 Å². The number of halogens is 2. The van der Waals surface area contributed by atoms with Crippen molar-refractivity contribution in [1.82, 2.24) is 9.80 Å². The molecule has 1 unspecified atom stereocenters. The van der Waals surface area contributed by atoms with E-state index in [1.165, 1.54) is 23.3 Å². The van der Waals surface area contributed by atoms with Gasteiger partial charge in [-0.3, -0.25) is 4.79 Å². The molecule has 160 valence electrons. The summed E-state index contributed by atoms with van der Waals surface area (Å²) in [5, 5.41) is 0.501. The van der Waals surface area contributed by atoms with E-state index in [9.17, 15) is 9.18 Å². The lowest BCUT2D eigenvalue weighted by Crippen LogP contribution is -2.46. The van der Waals surface area contributed by atoms with Gasteiger partial charge in [0.25, 0.3) is 0 Å². The van der Waals surface area contributed by atoms with Gasteiger partial charge in [0, 0.05) is 38.8 Å². The fraction of sp³-hybridized carbons (Fsp3) is 0.458. The maximum Gasteiger partial charge on any atom is 0.226 e. The van der Waals surface area contributed by atoms with Crippen molar-refractivity contribution in [2.24, 2.45) is 5.92 Å². The Morgan fingerprint density at radius 2 is 1.97 bits per heavy atom. The Hall–Kier alpha value is -1.95. The maximum atomic E-state index is 13.7. The second-order valence-corrected chi connectivity index (χ2v) is 9.02. The van der Waals surface area contributed by atoms with Gasteiger partial charge in [0.05, 0.1) is 18.1 Å². The predicted molar refractivity (Wildman–Crippen MR) is 116 cm³/mol. The van der Waals surface area contributed by atoms with Crippen LogP contribution < -0.4 is 0 Å². The zero-order valence-electron chi connectivity index (χ0n) is 17.5. The Morgan fingerprint density at radius 3 is 2.70 bits per heavy atom. The smallest absolute Gasteiger partial charge is 0.226 e. The fourth-order valence-corrected chi connectivity index (χ4v) is 4.96. The highest BCUT2D eigenvalue weighted by atomic mass is 35.5. The number of likely N-dealkylation sites (tertiary alicyclic amines) is 1. The van der Waals surface area contributed by atoms with Crippen molar-refractivity contribution in [3.8, 4) is 0 Å². The van der Waals surface area contributed by atoms with Crippen molar-refractivity contribution >= 4 is 17.5 Å². The lowest BCUT2D eigenvalue weighted by atomic mass is 9.83. The molecule has 0 radical (unpaired) electrons. The molecule has 1 fully saturated rings. The van der Waals surface area contributed by atoms with Gasteiger partial charge < -0.3 is 14.5 Å². The summed E-state index contributed by atoms with van der Waals surface area (Å²) in [6.45, 7) is 3.03. The number of carbonyl (C=O) groups excluding carboxylic acids is 1. The molecule has 2 aromatic rings. The molecule has 0 aromatic heterocycles. The molecule has 1 amide bonds. The Kier molecular flexibility index (Phi) is 6.14. The number of rotatable bonds is 5. The van der Waals surface area contributed by atoms with Gasteiger partial charge in [-0.15, -0.1) is 0 Å². The number of nitrogens with zero attached hydrogens (tertiary/aromatic N) is 2. The molecule has 0 saturated carbocycles. The molecular formula is C24H28ClFN2O2. The molecule has 0 N–H and O–H groups in total. The molecule has 1 saturated heterocycles. The first-order valence-corrected chi connectivity index (χ1v) is 10.9. The maximum absolute atomic E-state index is 13.7. The highest BCUT2D eigenvalue weighted by Crippen LogP contribution is 2.44. The normalized spacial score (nSPS) is 18.9. The summed E-state index contributed by atoms with van der Waals surface area (Å²) >= 11 is 6.28. The number of piperidine rings is 1. The Balaban J connectivity index is 1.45. The van der Waals surface area contributed by atoms with Crippen LogP contribution >= 0.6 is 11.6 Å². The summed E-state index contributed by atoms with van der Waals surface area (Å²) in [5.74, 6) is -0.564. The molecule has 4 rings (SSSR count). The van der Waals surface area contributed by atoms with Crippen molar-refractivity contribution in [3.63, 3.8) is 0 Å². The van der Waals surface area contributed by atoms with Gasteiger partial charge in [-0.1, -0.05) is 35.9 Å². The van der Waals surface area contributed by atoms with Gasteiger partial charge in [-0.25, -0.2) is 4.39 Å². The van der Waals surface area contributed by atoms with Crippen molar-refractivity contribution in [3.05, 3.63) is 70.0 Å². The third-order valence-corrected chi connectivity index (χ3v) is 6.79. The van der Waals surface area contributed by atoms with Crippen molar-refractivity contribution < 1.29 is 13.9 Å². The number of fused-ring (bicyclic) bond motifs is 2. The molecule has 0 aliphatic carbocycles. The number of amides is 1. The Bertz CT molecular complexity index is 925. The van der Waals surface area contributed by atoms with Crippen molar-refractivity contribution in [2.75, 3.05) is 33.7 Å². The Morgan fingerprint density at radius 1 is 1.23 bits per heavy atom. The first kappa shape index (κ1) is 21.3. The first-order chi connectivity index (χ1) is 14.4. The van der Waals surface area contributed by atoms with Gasteiger partial charge in [-0.05, 0) is 54.2 Å². The highest BCUT2D eigenvalue weighted by molar-refractivity contribution is 6.31. The van der Waals surface area contributed by atoms with Crippen molar-refractivity contribution in [1.29, 1.82) is 0 Å². The zero-order chi connectivity index (χ0) is 21.3. The van der Waals surface area contributed by atoms with Crippen LogP contribution in [0.1, 0.15) is 29.5 Å². The zero-order valence-corrected chi connectivity index (χ0v) is 18.3. The fourth-order valence-electron chi connectivity index (χ4n) is 4.77. The molecule has 6 heteroatoms. The van der Waals surface area contributed by atoms with Crippen LogP contribution in [0.15, 0.2) is 42.5 Å². The third kappa shape index (κ3) is 4.25. The van der Waals surface area contributed by atoms with Gasteiger partial charge in [-0.2, -0.15) is 0 Å². The van der Waals surface area contributed by atoms with Crippen LogP contribution in [0.5, 0.6) is 0 Å². The molecule has 2 heterocycles. The summed E-state index contributed by atoms with van der Waals surface area (Å²) in [5.41, 5.74) is 3.09. The number of carbonyl (C=O) groups is 1. The summed E-state index contributed by atoms with van der Waals surface area (Å²) < 4.78 is 20.0. The minimum Gasteiger partial charge on any atom is -0.365 e. The molecule has 2 aliphatic heterocycles. The van der Waals surface area contributed by atoms with Gasteiger partial charge in [0.2, 0.25) is 5.91 Å². The minimum atomic E-state index is -0.331. The molecule has 2 aromatic carbocycles. The summed E-state index contributed by atoms with van der Waals surface area (Å²) in [6.07, 6.45) is 2.25. The van der Waals surface area contributed by atoms with E-state index >= 15 is 0 Å². The number of hydrogen-bond acceptors (Lipinski definition) is 3. The van der Waals surface area contributed by atoms with E-state index in [0.717, 1.165) is 25.9 Å². The quantitative estimate of drug-likeness (QED) is 0.711. The van der Waals surface area contributed by atoms with Crippen LogP contribution in [0, 0.1) is 11.7 Å². The second-order valence-electron chi connectivity index (χ2n) is 8.61. The van der Waals surface area contributed by atoms with E-state index in [-0.39, 0.29) is 23.2 Å². The van der Waals surface area contributed by atoms with Gasteiger partial charge in [0.1, 0.15) is 5.82 Å². The van der Waals surface area contributed by atoms with Gasteiger partial charge >= 0.3 is 0 Å². The Labute approximate surface area is 182 Å². The summed E-state index contributed by atoms with van der Waals surface area (Å²) in [4.78, 5) is 16.8. The average Bonchev–Trinajstić information content (AvgIpc) is 3.09. The SMILES string of the molecule is CN(C)C(=O)C(Cc1cc(F)ccc1Cl)CN1CCC2(CC1)OCc1ccccc12. The first-order valence-electron chi connectivity index (χ1n) is 10.5. The third-order valence-electron chi connectivity index (χ3n) is 6.42. The van der Waals surface area contributed by atoms with Crippen LogP contribution in [-0.4, -0.2) is 49.4 Å². The molecule has 0 bridgehead atoms. The lowest BCUT2D eigenvalue weighted by molar-refractivity contribution is -0.134. The van der Waals surface area contributed by atoms with Crippen LogP contribution in [0.2, 0.25) is 5.02 Å². The van der Waals surface area contributed by atoms with E-state index in [0.29, 0.717) is 30.2 Å². The van der Waals surface area contributed by atoms with Crippen molar-refractivity contribution in [2.45, 2.75) is 31.5 Å². The largest absolute Gasteiger partial charge is 0.365 e. The topological polar surface area (TPSA) is 32.8 Å². The number of hydrogen-bond donors (Lipinski definition) is 0. The predicted octanol–water partition coefficient (Wildman–Crippen LogP) is 4.25. The molecule has 2 aliphatic rings. The molecule has 1 spiro atoms. The van der Waals surface area contributed by atoms with E-state index in [1.54, 1.807) is 25.1 Å². The van der Waals surface area contributed by atoms with E-state index in [2.05, 4.69) is 29.2 Å². The molecule has 4 nitrogen and oxygen atoms in total. The van der Waals surface area contributed by atoms with E-state index in [4.69, 9.17) is 16.3 Å². The van der Waals surface area contributed by atoms with Crippen LogP contribution in [-0.2, 0) is 28.2 Å². The molecular weight excluding hydrogens is 403 g/mol. The summed E-state index contributed by atoms with van der Waals surface area (Å²) in [7, 11) is 3.52. The van der Waals surface area contributed by atoms with E-state index in [1.807, 2.05) is 0 Å². The lowest BCUT2D eigenvalue weighted by Gasteiger charge is -2.40. The van der Waals surface area contributed by atoms with Gasteiger partial charge in [0.15, 0.2) is 0 Å².